The summed E-state index contributed by atoms with van der Waals surface area (Å²) in [6.07, 6.45) is 0. The number of amides is 3. The normalized spacial score (nSPS) is 13.5. The highest BCUT2D eigenvalue weighted by atomic mass is 35.5. The molecule has 0 spiro atoms. The third-order valence-electron chi connectivity index (χ3n) is 4.84. The number of hydrogen-bond acceptors (Lipinski definition) is 4. The van der Waals surface area contributed by atoms with Crippen LogP contribution in [-0.4, -0.2) is 17.7 Å². The van der Waals surface area contributed by atoms with Crippen LogP contribution in [-0.2, 0) is 9.59 Å². The number of imide groups is 1. The van der Waals surface area contributed by atoms with Gasteiger partial charge in [0.1, 0.15) is 16.5 Å². The minimum absolute atomic E-state index is 0.0410. The Morgan fingerprint density at radius 1 is 0.844 bits per heavy atom. The van der Waals surface area contributed by atoms with E-state index in [1.165, 1.54) is 24.3 Å². The maximum atomic E-state index is 13.0. The Labute approximate surface area is 188 Å². The van der Waals surface area contributed by atoms with E-state index >= 15 is 0 Å². The van der Waals surface area contributed by atoms with Crippen LogP contribution in [0.15, 0.2) is 83.5 Å². The van der Waals surface area contributed by atoms with E-state index in [-0.39, 0.29) is 16.6 Å². The molecule has 0 fully saturated rings. The molecule has 0 aromatic heterocycles. The molecule has 32 heavy (non-hydrogen) atoms. The Hall–Kier alpha value is -3.97. The zero-order chi connectivity index (χ0) is 22.8. The molecule has 2 N–H and O–H groups in total. The second kappa shape index (κ2) is 8.64. The monoisotopic (exact) mass is 449 g/mol. The lowest BCUT2D eigenvalue weighted by Crippen LogP contribution is -2.32. The number of halogens is 2. The number of carbonyl (C=O) groups excluding carboxylic acids is 3. The van der Waals surface area contributed by atoms with Gasteiger partial charge in [-0.3, -0.25) is 14.4 Å². The lowest BCUT2D eigenvalue weighted by atomic mass is 10.2. The van der Waals surface area contributed by atoms with Crippen molar-refractivity contribution < 1.29 is 18.8 Å². The van der Waals surface area contributed by atoms with Crippen LogP contribution in [0.5, 0.6) is 0 Å². The number of nitrogens with zero attached hydrogens (tertiary/aromatic N) is 1. The Morgan fingerprint density at radius 2 is 1.44 bits per heavy atom. The molecule has 6 nitrogen and oxygen atoms in total. The number of aryl methyl sites for hydroxylation is 1. The molecule has 1 heterocycles. The summed E-state index contributed by atoms with van der Waals surface area (Å²) >= 11 is 6.15. The maximum Gasteiger partial charge on any atom is 0.283 e. The van der Waals surface area contributed by atoms with Crippen LogP contribution >= 0.6 is 11.6 Å². The van der Waals surface area contributed by atoms with E-state index in [0.29, 0.717) is 22.6 Å². The smallest absolute Gasteiger partial charge is 0.283 e. The van der Waals surface area contributed by atoms with Gasteiger partial charge in [0, 0.05) is 16.9 Å². The molecular weight excluding hydrogens is 433 g/mol. The number of hydrogen-bond donors (Lipinski definition) is 2. The SMILES string of the molecule is Cc1ccc(N2C(=O)C(Cl)=C(Nc3ccc(C(=O)Nc4ccc(F)cc4)cc3)C2=O)cc1. The molecule has 0 aliphatic carbocycles. The van der Waals surface area contributed by atoms with Crippen molar-refractivity contribution in [1.82, 2.24) is 0 Å². The highest BCUT2D eigenvalue weighted by molar-refractivity contribution is 6.53. The fraction of sp³-hybridized carbons (Fsp3) is 0.0417. The topological polar surface area (TPSA) is 78.5 Å². The van der Waals surface area contributed by atoms with Gasteiger partial charge < -0.3 is 10.6 Å². The van der Waals surface area contributed by atoms with Crippen LogP contribution in [0.3, 0.4) is 0 Å². The molecule has 1 aliphatic heterocycles. The van der Waals surface area contributed by atoms with Crippen molar-refractivity contribution >= 4 is 46.4 Å². The van der Waals surface area contributed by atoms with Crippen molar-refractivity contribution in [3.63, 3.8) is 0 Å². The summed E-state index contributed by atoms with van der Waals surface area (Å²) in [5.74, 6) is -1.95. The van der Waals surface area contributed by atoms with Crippen molar-refractivity contribution in [2.45, 2.75) is 6.92 Å². The van der Waals surface area contributed by atoms with Crippen LogP contribution in [0.1, 0.15) is 15.9 Å². The summed E-state index contributed by atoms with van der Waals surface area (Å²) in [7, 11) is 0. The number of nitrogens with one attached hydrogen (secondary N) is 2. The van der Waals surface area contributed by atoms with Crippen LogP contribution in [0, 0.1) is 12.7 Å². The Bertz CT molecular complexity index is 1240. The molecule has 3 aromatic carbocycles. The van der Waals surface area contributed by atoms with E-state index in [1.807, 2.05) is 6.92 Å². The molecule has 0 unspecified atom stereocenters. The third kappa shape index (κ3) is 4.24. The molecular formula is C24H17ClFN3O3. The molecule has 0 bridgehead atoms. The molecule has 0 saturated heterocycles. The lowest BCUT2D eigenvalue weighted by molar-refractivity contribution is -0.120. The van der Waals surface area contributed by atoms with E-state index in [9.17, 15) is 18.8 Å². The lowest BCUT2D eigenvalue weighted by Gasteiger charge is -2.15. The largest absolute Gasteiger partial charge is 0.350 e. The zero-order valence-electron chi connectivity index (χ0n) is 16.9. The van der Waals surface area contributed by atoms with Crippen molar-refractivity contribution in [3.05, 3.63) is 100 Å². The molecule has 160 valence electrons. The summed E-state index contributed by atoms with van der Waals surface area (Å²) in [4.78, 5) is 38.7. The highest BCUT2D eigenvalue weighted by Crippen LogP contribution is 2.30. The molecule has 0 saturated carbocycles. The quantitative estimate of drug-likeness (QED) is 0.547. The fourth-order valence-electron chi connectivity index (χ4n) is 3.13. The molecule has 4 rings (SSSR count). The number of benzene rings is 3. The van der Waals surface area contributed by atoms with E-state index < -0.39 is 17.6 Å². The van der Waals surface area contributed by atoms with Gasteiger partial charge in [-0.05, 0) is 67.6 Å². The first-order valence-electron chi connectivity index (χ1n) is 9.63. The Morgan fingerprint density at radius 3 is 2.06 bits per heavy atom. The molecule has 3 amide bonds. The molecule has 0 radical (unpaired) electrons. The summed E-state index contributed by atoms with van der Waals surface area (Å²) in [5.41, 5.74) is 2.67. The molecule has 0 atom stereocenters. The minimum atomic E-state index is -0.613. The van der Waals surface area contributed by atoms with Crippen molar-refractivity contribution in [2.24, 2.45) is 0 Å². The van der Waals surface area contributed by atoms with Gasteiger partial charge in [0.15, 0.2) is 0 Å². The Balaban J connectivity index is 1.47. The number of rotatable bonds is 5. The molecule has 3 aromatic rings. The summed E-state index contributed by atoms with van der Waals surface area (Å²) in [5, 5.41) is 5.32. The third-order valence-corrected chi connectivity index (χ3v) is 5.19. The highest BCUT2D eigenvalue weighted by Gasteiger charge is 2.38. The van der Waals surface area contributed by atoms with E-state index in [1.54, 1.807) is 48.5 Å². The zero-order valence-corrected chi connectivity index (χ0v) is 17.6. The predicted molar refractivity (Wildman–Crippen MR) is 121 cm³/mol. The average Bonchev–Trinajstić information content (AvgIpc) is 3.00. The van der Waals surface area contributed by atoms with Crippen LogP contribution < -0.4 is 15.5 Å². The average molecular weight is 450 g/mol. The first kappa shape index (κ1) is 21.3. The van der Waals surface area contributed by atoms with Gasteiger partial charge in [0.2, 0.25) is 0 Å². The number of carbonyl (C=O) groups is 3. The van der Waals surface area contributed by atoms with Gasteiger partial charge in [-0.2, -0.15) is 0 Å². The second-order valence-corrected chi connectivity index (χ2v) is 7.51. The predicted octanol–water partition coefficient (Wildman–Crippen LogP) is 4.82. The van der Waals surface area contributed by atoms with E-state index in [0.717, 1.165) is 10.5 Å². The maximum absolute atomic E-state index is 13.0. The van der Waals surface area contributed by atoms with Gasteiger partial charge in [0.05, 0.1) is 5.69 Å². The number of anilines is 3. The van der Waals surface area contributed by atoms with E-state index in [2.05, 4.69) is 10.6 Å². The fourth-order valence-corrected chi connectivity index (χ4v) is 3.34. The minimum Gasteiger partial charge on any atom is -0.350 e. The van der Waals surface area contributed by atoms with Crippen molar-refractivity contribution in [2.75, 3.05) is 15.5 Å². The van der Waals surface area contributed by atoms with Gasteiger partial charge in [-0.1, -0.05) is 29.3 Å². The van der Waals surface area contributed by atoms with Gasteiger partial charge in [-0.15, -0.1) is 0 Å². The summed E-state index contributed by atoms with van der Waals surface area (Å²) in [6, 6.07) is 18.6. The van der Waals surface area contributed by atoms with E-state index in [4.69, 9.17) is 11.6 Å². The molecule has 1 aliphatic rings. The van der Waals surface area contributed by atoms with Crippen LogP contribution in [0.25, 0.3) is 0 Å². The summed E-state index contributed by atoms with van der Waals surface area (Å²) in [6.45, 7) is 1.90. The standard InChI is InChI=1S/C24H17ClFN3O3/c1-14-2-12-19(13-3-14)29-23(31)20(25)21(24(29)32)27-17-8-4-15(5-9-17)22(30)28-18-10-6-16(26)7-11-18/h2-13,27H,1H3,(H,28,30). The Kier molecular flexibility index (Phi) is 5.75. The van der Waals surface area contributed by atoms with Gasteiger partial charge in [-0.25, -0.2) is 9.29 Å². The second-order valence-electron chi connectivity index (χ2n) is 7.13. The first-order chi connectivity index (χ1) is 15.3. The van der Waals surface area contributed by atoms with Crippen LogP contribution in [0.4, 0.5) is 21.5 Å². The van der Waals surface area contributed by atoms with Crippen molar-refractivity contribution in [1.29, 1.82) is 0 Å². The van der Waals surface area contributed by atoms with Crippen molar-refractivity contribution in [3.8, 4) is 0 Å². The van der Waals surface area contributed by atoms with Crippen LogP contribution in [0.2, 0.25) is 0 Å². The first-order valence-corrected chi connectivity index (χ1v) is 10.0. The van der Waals surface area contributed by atoms with Gasteiger partial charge >= 0.3 is 0 Å². The summed E-state index contributed by atoms with van der Waals surface area (Å²) < 4.78 is 13.0. The molecule has 8 heteroatoms. The van der Waals surface area contributed by atoms with Gasteiger partial charge in [0.25, 0.3) is 17.7 Å².